The summed E-state index contributed by atoms with van der Waals surface area (Å²) in [5, 5.41) is 12.1. The van der Waals surface area contributed by atoms with Gasteiger partial charge in [0, 0.05) is 0 Å². The minimum atomic E-state index is -3.68. The molecule has 0 amide bonds. The largest absolute Gasteiger partial charge is 0.478 e. The fraction of sp³-hybridized carbons (Fsp3) is 0. The van der Waals surface area contributed by atoms with Gasteiger partial charge in [0.2, 0.25) is 0 Å². The van der Waals surface area contributed by atoms with Crippen molar-refractivity contribution in [3.63, 3.8) is 0 Å². The molecule has 0 aliphatic carbocycles. The Labute approximate surface area is 105 Å². The van der Waals surface area contributed by atoms with Crippen molar-refractivity contribution < 1.29 is 18.3 Å². The second-order valence-corrected chi connectivity index (χ2v) is 6.78. The Kier molecular flexibility index (Phi) is 3.18. The number of sulfonamides is 1. The molecule has 0 bridgehead atoms. The van der Waals surface area contributed by atoms with E-state index in [0.717, 1.165) is 22.7 Å². The summed E-state index contributed by atoms with van der Waals surface area (Å²) in [4.78, 5) is 10.8. The molecular formula is C9H7NO4S3. The number of aromatic carboxylic acids is 1. The van der Waals surface area contributed by atoms with Crippen LogP contribution in [0.4, 0.5) is 5.00 Å². The summed E-state index contributed by atoms with van der Waals surface area (Å²) in [6, 6.07) is 4.44. The number of hydrogen-bond acceptors (Lipinski definition) is 5. The maximum atomic E-state index is 11.8. The molecule has 2 aromatic heterocycles. The van der Waals surface area contributed by atoms with Gasteiger partial charge >= 0.3 is 5.97 Å². The maximum Gasteiger partial charge on any atom is 0.338 e. The minimum Gasteiger partial charge on any atom is -0.478 e. The predicted molar refractivity (Wildman–Crippen MR) is 66.4 cm³/mol. The van der Waals surface area contributed by atoms with Crippen molar-refractivity contribution in [3.8, 4) is 0 Å². The molecule has 2 aromatic rings. The molecule has 0 unspecified atom stereocenters. The first-order valence-electron chi connectivity index (χ1n) is 4.38. The van der Waals surface area contributed by atoms with E-state index in [1.165, 1.54) is 17.5 Å². The molecule has 17 heavy (non-hydrogen) atoms. The zero-order chi connectivity index (χ0) is 12.5. The summed E-state index contributed by atoms with van der Waals surface area (Å²) in [6.07, 6.45) is 0. The summed E-state index contributed by atoms with van der Waals surface area (Å²) in [5.74, 6) is -1.16. The Balaban J connectivity index is 2.33. The van der Waals surface area contributed by atoms with Gasteiger partial charge < -0.3 is 5.11 Å². The van der Waals surface area contributed by atoms with Gasteiger partial charge in [0.25, 0.3) is 10.0 Å². The van der Waals surface area contributed by atoms with Gasteiger partial charge in [-0.15, -0.1) is 22.7 Å². The summed E-state index contributed by atoms with van der Waals surface area (Å²) < 4.78 is 26.1. The van der Waals surface area contributed by atoms with Crippen molar-refractivity contribution in [1.29, 1.82) is 0 Å². The lowest BCUT2D eigenvalue weighted by Crippen LogP contribution is -2.12. The highest BCUT2D eigenvalue weighted by Gasteiger charge is 2.20. The van der Waals surface area contributed by atoms with Crippen molar-refractivity contribution in [3.05, 3.63) is 34.5 Å². The SMILES string of the molecule is O=C(O)c1ccsc1NS(=O)(=O)c1cccs1. The normalized spacial score (nSPS) is 11.3. The number of thiophene rings is 2. The minimum absolute atomic E-state index is 0.0462. The first-order chi connectivity index (χ1) is 8.00. The van der Waals surface area contributed by atoms with E-state index in [4.69, 9.17) is 5.11 Å². The van der Waals surface area contributed by atoms with Gasteiger partial charge in [-0.2, -0.15) is 0 Å². The van der Waals surface area contributed by atoms with Crippen LogP contribution in [0.25, 0.3) is 0 Å². The lowest BCUT2D eigenvalue weighted by molar-refractivity contribution is 0.0698. The van der Waals surface area contributed by atoms with E-state index in [1.54, 1.807) is 11.4 Å². The molecule has 0 spiro atoms. The fourth-order valence-corrected chi connectivity index (χ4v) is 4.25. The van der Waals surface area contributed by atoms with Crippen molar-refractivity contribution in [2.45, 2.75) is 4.21 Å². The van der Waals surface area contributed by atoms with Gasteiger partial charge in [0.1, 0.15) is 9.21 Å². The van der Waals surface area contributed by atoms with Gasteiger partial charge in [-0.05, 0) is 22.9 Å². The Hall–Kier alpha value is -1.38. The topological polar surface area (TPSA) is 83.5 Å². The third-order valence-corrected chi connectivity index (χ3v) is 5.59. The molecule has 0 aliphatic heterocycles. The number of hydrogen-bond donors (Lipinski definition) is 2. The van der Waals surface area contributed by atoms with Crippen LogP contribution in [0, 0.1) is 0 Å². The van der Waals surface area contributed by atoms with Crippen LogP contribution in [-0.2, 0) is 10.0 Å². The Bertz CT molecular complexity index is 627. The van der Waals surface area contributed by atoms with Crippen molar-refractivity contribution in [1.82, 2.24) is 0 Å². The lowest BCUT2D eigenvalue weighted by Gasteiger charge is -2.04. The molecule has 2 heterocycles. The van der Waals surface area contributed by atoms with Gasteiger partial charge in [-0.3, -0.25) is 4.72 Å². The highest BCUT2D eigenvalue weighted by molar-refractivity contribution is 7.94. The number of carboxylic acid groups (broad SMARTS) is 1. The number of carboxylic acids is 1. The molecule has 2 N–H and O–H groups in total. The van der Waals surface area contributed by atoms with Crippen LogP contribution in [0.2, 0.25) is 0 Å². The highest BCUT2D eigenvalue weighted by Crippen LogP contribution is 2.27. The van der Waals surface area contributed by atoms with Gasteiger partial charge in [0.05, 0.1) is 5.56 Å². The summed E-state index contributed by atoms with van der Waals surface area (Å²) in [6.45, 7) is 0. The lowest BCUT2D eigenvalue weighted by atomic mass is 10.3. The maximum absolute atomic E-state index is 11.8. The first kappa shape index (κ1) is 12.1. The molecular weight excluding hydrogens is 282 g/mol. The molecule has 8 heteroatoms. The van der Waals surface area contributed by atoms with E-state index in [2.05, 4.69) is 4.72 Å². The second kappa shape index (κ2) is 4.47. The van der Waals surface area contributed by atoms with E-state index in [1.807, 2.05) is 0 Å². The molecule has 0 saturated carbocycles. The Morgan fingerprint density at radius 1 is 1.24 bits per heavy atom. The van der Waals surface area contributed by atoms with E-state index >= 15 is 0 Å². The predicted octanol–water partition coefficient (Wildman–Crippen LogP) is 2.31. The summed E-state index contributed by atoms with van der Waals surface area (Å²) in [7, 11) is -3.68. The molecule has 0 radical (unpaired) electrons. The zero-order valence-corrected chi connectivity index (χ0v) is 10.7. The Morgan fingerprint density at radius 2 is 2.00 bits per heavy atom. The molecule has 0 aromatic carbocycles. The Morgan fingerprint density at radius 3 is 2.59 bits per heavy atom. The summed E-state index contributed by atoms with van der Waals surface area (Å²) in [5.41, 5.74) is -0.0462. The average molecular weight is 289 g/mol. The number of nitrogens with one attached hydrogen (secondary N) is 1. The van der Waals surface area contributed by atoms with Crippen LogP contribution in [0.3, 0.4) is 0 Å². The molecule has 2 rings (SSSR count). The van der Waals surface area contributed by atoms with Gasteiger partial charge in [-0.1, -0.05) is 6.07 Å². The quantitative estimate of drug-likeness (QED) is 0.904. The number of rotatable bonds is 4. The fourth-order valence-electron chi connectivity index (χ4n) is 1.15. The first-order valence-corrected chi connectivity index (χ1v) is 7.62. The molecule has 0 fully saturated rings. The van der Waals surface area contributed by atoms with Gasteiger partial charge in [0.15, 0.2) is 0 Å². The van der Waals surface area contributed by atoms with Crippen molar-refractivity contribution >= 4 is 43.7 Å². The van der Waals surface area contributed by atoms with Crippen molar-refractivity contribution in [2.24, 2.45) is 0 Å². The van der Waals surface area contributed by atoms with E-state index in [0.29, 0.717) is 0 Å². The molecule has 5 nitrogen and oxygen atoms in total. The van der Waals surface area contributed by atoms with Crippen molar-refractivity contribution in [2.75, 3.05) is 4.72 Å². The smallest absolute Gasteiger partial charge is 0.338 e. The second-order valence-electron chi connectivity index (χ2n) is 3.01. The van der Waals surface area contributed by atoms with E-state index < -0.39 is 16.0 Å². The number of anilines is 1. The van der Waals surface area contributed by atoms with Crippen LogP contribution in [0.5, 0.6) is 0 Å². The summed E-state index contributed by atoms with van der Waals surface area (Å²) >= 11 is 2.11. The average Bonchev–Trinajstić information content (AvgIpc) is 2.85. The monoisotopic (exact) mass is 289 g/mol. The molecule has 0 saturated heterocycles. The molecule has 90 valence electrons. The van der Waals surface area contributed by atoms with Crippen LogP contribution in [0.1, 0.15) is 10.4 Å². The van der Waals surface area contributed by atoms with E-state index in [9.17, 15) is 13.2 Å². The van der Waals surface area contributed by atoms with Crippen LogP contribution in [-0.4, -0.2) is 19.5 Å². The highest BCUT2D eigenvalue weighted by atomic mass is 32.2. The van der Waals surface area contributed by atoms with E-state index in [-0.39, 0.29) is 14.8 Å². The third-order valence-electron chi connectivity index (χ3n) is 1.88. The van der Waals surface area contributed by atoms with Crippen LogP contribution in [0.15, 0.2) is 33.2 Å². The van der Waals surface area contributed by atoms with Gasteiger partial charge in [-0.25, -0.2) is 13.2 Å². The standard InChI is InChI=1S/C9H7NO4S3/c11-9(12)6-3-5-16-8(6)10-17(13,14)7-2-1-4-15-7/h1-5,10H,(H,11,12). The van der Waals surface area contributed by atoms with Crippen LogP contribution >= 0.6 is 22.7 Å². The zero-order valence-electron chi connectivity index (χ0n) is 8.28. The van der Waals surface area contributed by atoms with Crippen LogP contribution < -0.4 is 4.72 Å². The third kappa shape index (κ3) is 2.48. The molecule has 0 atom stereocenters. The number of carbonyl (C=O) groups is 1. The molecule has 0 aliphatic rings.